The molecule has 0 aliphatic rings. The first kappa shape index (κ1) is 21.6. The van der Waals surface area contributed by atoms with Gasteiger partial charge in [-0.3, -0.25) is 4.99 Å². The van der Waals surface area contributed by atoms with Crippen molar-refractivity contribution >= 4 is 12.1 Å². The second kappa shape index (κ2) is 10.5. The Kier molecular flexibility index (Phi) is 8.75. The van der Waals surface area contributed by atoms with Crippen LogP contribution in [0.25, 0.3) is 0 Å². The van der Waals surface area contributed by atoms with E-state index in [1.807, 2.05) is 52.8 Å². The Labute approximate surface area is 156 Å². The lowest BCUT2D eigenvalue weighted by molar-refractivity contribution is 0.0529. The van der Waals surface area contributed by atoms with Gasteiger partial charge in [-0.25, -0.2) is 4.79 Å². The smallest absolute Gasteiger partial charge is 0.407 e. The van der Waals surface area contributed by atoms with Gasteiger partial charge in [0.15, 0.2) is 5.96 Å². The van der Waals surface area contributed by atoms with E-state index in [2.05, 4.69) is 20.9 Å². The van der Waals surface area contributed by atoms with E-state index in [1.165, 1.54) is 0 Å². The summed E-state index contributed by atoms with van der Waals surface area (Å²) in [5, 5.41) is 8.99. The van der Waals surface area contributed by atoms with E-state index >= 15 is 0 Å². The fourth-order valence-electron chi connectivity index (χ4n) is 2.23. The van der Waals surface area contributed by atoms with E-state index in [-0.39, 0.29) is 0 Å². The van der Waals surface area contributed by atoms with Crippen LogP contribution in [0.2, 0.25) is 0 Å². The molecule has 7 nitrogen and oxygen atoms in total. The molecule has 0 aliphatic heterocycles. The van der Waals surface area contributed by atoms with Crippen molar-refractivity contribution in [2.45, 2.75) is 40.2 Å². The third-order valence-electron chi connectivity index (χ3n) is 3.36. The predicted octanol–water partition coefficient (Wildman–Crippen LogP) is 2.37. The lowest BCUT2D eigenvalue weighted by atomic mass is 10.1. The first-order valence-corrected chi connectivity index (χ1v) is 8.83. The fraction of sp³-hybridized carbons (Fsp3) is 0.579. The SMILES string of the molecule is CN=C(NCCNC(=O)OC(C)(C)C)NCCOc1c(C)cccc1C. The number of aryl methyl sites for hydroxylation is 2. The minimum atomic E-state index is -0.495. The van der Waals surface area contributed by atoms with Crippen LogP contribution >= 0.6 is 0 Å². The van der Waals surface area contributed by atoms with Crippen LogP contribution in [0.4, 0.5) is 4.79 Å². The zero-order valence-electron chi connectivity index (χ0n) is 16.7. The molecule has 0 atom stereocenters. The number of para-hydroxylation sites is 1. The van der Waals surface area contributed by atoms with Gasteiger partial charge in [0.05, 0.1) is 6.54 Å². The lowest BCUT2D eigenvalue weighted by Crippen LogP contribution is -2.43. The van der Waals surface area contributed by atoms with Gasteiger partial charge in [0.25, 0.3) is 0 Å². The molecule has 0 saturated carbocycles. The van der Waals surface area contributed by atoms with Crippen molar-refractivity contribution in [1.29, 1.82) is 0 Å². The Morgan fingerprint density at radius 1 is 1.04 bits per heavy atom. The van der Waals surface area contributed by atoms with Crippen LogP contribution in [0.1, 0.15) is 31.9 Å². The van der Waals surface area contributed by atoms with Crippen LogP contribution in [0.5, 0.6) is 5.75 Å². The van der Waals surface area contributed by atoms with Gasteiger partial charge >= 0.3 is 6.09 Å². The molecule has 0 radical (unpaired) electrons. The van der Waals surface area contributed by atoms with E-state index in [0.29, 0.717) is 32.2 Å². The van der Waals surface area contributed by atoms with Crippen molar-refractivity contribution in [3.8, 4) is 5.75 Å². The molecule has 1 aromatic rings. The second-order valence-electron chi connectivity index (χ2n) is 6.92. The molecule has 0 aliphatic carbocycles. The van der Waals surface area contributed by atoms with Crippen molar-refractivity contribution in [2.24, 2.45) is 4.99 Å². The summed E-state index contributed by atoms with van der Waals surface area (Å²) < 4.78 is 11.0. The zero-order chi connectivity index (χ0) is 19.6. The summed E-state index contributed by atoms with van der Waals surface area (Å²) in [5.41, 5.74) is 1.76. The van der Waals surface area contributed by atoms with Gasteiger partial charge < -0.3 is 25.4 Å². The number of nitrogens with one attached hydrogen (secondary N) is 3. The predicted molar refractivity (Wildman–Crippen MR) is 105 cm³/mol. The molecule has 26 heavy (non-hydrogen) atoms. The number of alkyl carbamates (subject to hydrolysis) is 1. The van der Waals surface area contributed by atoms with Crippen LogP contribution in [0, 0.1) is 13.8 Å². The van der Waals surface area contributed by atoms with Gasteiger partial charge in [-0.05, 0) is 45.7 Å². The Hall–Kier alpha value is -2.44. The topological polar surface area (TPSA) is 84.0 Å². The number of nitrogens with zero attached hydrogens (tertiary/aromatic N) is 1. The van der Waals surface area contributed by atoms with Gasteiger partial charge in [-0.15, -0.1) is 0 Å². The molecule has 0 saturated heterocycles. The number of carbonyl (C=O) groups excluding carboxylic acids is 1. The summed E-state index contributed by atoms with van der Waals surface area (Å²) in [7, 11) is 1.70. The maximum atomic E-state index is 11.5. The average molecular weight is 364 g/mol. The molecule has 0 heterocycles. The Morgan fingerprint density at radius 2 is 1.62 bits per heavy atom. The van der Waals surface area contributed by atoms with Crippen LogP contribution in [0.15, 0.2) is 23.2 Å². The highest BCUT2D eigenvalue weighted by atomic mass is 16.6. The summed E-state index contributed by atoms with van der Waals surface area (Å²) in [6.45, 7) is 11.7. The van der Waals surface area contributed by atoms with Gasteiger partial charge in [0.2, 0.25) is 0 Å². The highest BCUT2D eigenvalue weighted by Gasteiger charge is 2.15. The van der Waals surface area contributed by atoms with Crippen LogP contribution in [0.3, 0.4) is 0 Å². The highest BCUT2D eigenvalue weighted by Crippen LogP contribution is 2.21. The molecule has 1 aromatic carbocycles. The van der Waals surface area contributed by atoms with Crippen LogP contribution < -0.4 is 20.7 Å². The maximum Gasteiger partial charge on any atom is 0.407 e. The Morgan fingerprint density at radius 3 is 2.19 bits per heavy atom. The molecular weight excluding hydrogens is 332 g/mol. The summed E-state index contributed by atoms with van der Waals surface area (Å²) in [6, 6.07) is 6.09. The van der Waals surface area contributed by atoms with E-state index in [9.17, 15) is 4.79 Å². The number of hydrogen-bond donors (Lipinski definition) is 3. The molecule has 7 heteroatoms. The molecule has 0 spiro atoms. The normalized spacial score (nSPS) is 11.7. The van der Waals surface area contributed by atoms with Crippen molar-refractivity contribution in [2.75, 3.05) is 33.3 Å². The maximum absolute atomic E-state index is 11.5. The van der Waals surface area contributed by atoms with Gasteiger partial charge in [0, 0.05) is 20.1 Å². The number of rotatable bonds is 7. The van der Waals surface area contributed by atoms with Crippen molar-refractivity contribution in [3.63, 3.8) is 0 Å². The number of carbonyl (C=O) groups is 1. The first-order valence-electron chi connectivity index (χ1n) is 8.83. The first-order chi connectivity index (χ1) is 12.2. The van der Waals surface area contributed by atoms with Gasteiger partial charge in [-0.2, -0.15) is 0 Å². The van der Waals surface area contributed by atoms with E-state index in [4.69, 9.17) is 9.47 Å². The molecule has 3 N–H and O–H groups in total. The third-order valence-corrected chi connectivity index (χ3v) is 3.36. The molecule has 0 fully saturated rings. The zero-order valence-corrected chi connectivity index (χ0v) is 16.7. The second-order valence-corrected chi connectivity index (χ2v) is 6.92. The summed E-state index contributed by atoms with van der Waals surface area (Å²) in [6.07, 6.45) is -0.427. The lowest BCUT2D eigenvalue weighted by Gasteiger charge is -2.20. The third kappa shape index (κ3) is 8.60. The van der Waals surface area contributed by atoms with Gasteiger partial charge in [-0.1, -0.05) is 18.2 Å². The van der Waals surface area contributed by atoms with Gasteiger partial charge in [0.1, 0.15) is 18.0 Å². The number of aliphatic imine (C=N–C) groups is 1. The molecule has 146 valence electrons. The van der Waals surface area contributed by atoms with E-state index < -0.39 is 11.7 Å². The monoisotopic (exact) mass is 364 g/mol. The van der Waals surface area contributed by atoms with Crippen molar-refractivity contribution < 1.29 is 14.3 Å². The molecule has 0 unspecified atom stereocenters. The van der Waals surface area contributed by atoms with E-state index in [1.54, 1.807) is 7.05 Å². The minimum absolute atomic E-state index is 0.427. The summed E-state index contributed by atoms with van der Waals surface area (Å²) in [4.78, 5) is 15.7. The number of guanidine groups is 1. The van der Waals surface area contributed by atoms with Crippen LogP contribution in [-0.4, -0.2) is 50.9 Å². The Balaban J connectivity index is 2.22. The van der Waals surface area contributed by atoms with Crippen LogP contribution in [-0.2, 0) is 4.74 Å². The van der Waals surface area contributed by atoms with Crippen molar-refractivity contribution in [1.82, 2.24) is 16.0 Å². The number of ether oxygens (including phenoxy) is 2. The molecule has 1 rings (SSSR count). The number of benzene rings is 1. The summed E-state index contributed by atoms with van der Waals surface area (Å²) in [5.74, 6) is 1.58. The summed E-state index contributed by atoms with van der Waals surface area (Å²) >= 11 is 0. The largest absolute Gasteiger partial charge is 0.491 e. The molecule has 1 amide bonds. The van der Waals surface area contributed by atoms with Crippen molar-refractivity contribution in [3.05, 3.63) is 29.3 Å². The number of amides is 1. The molecular formula is C19H32N4O3. The highest BCUT2D eigenvalue weighted by molar-refractivity contribution is 5.79. The average Bonchev–Trinajstić information content (AvgIpc) is 2.54. The van der Waals surface area contributed by atoms with E-state index in [0.717, 1.165) is 16.9 Å². The Bertz CT molecular complexity index is 589. The fourth-order valence-corrected chi connectivity index (χ4v) is 2.23. The molecule has 0 aromatic heterocycles. The quantitative estimate of drug-likeness (QED) is 0.393. The number of hydrogen-bond acceptors (Lipinski definition) is 4. The minimum Gasteiger partial charge on any atom is -0.491 e. The standard InChI is InChI=1S/C19H32N4O3/c1-14-8-7-9-15(2)16(14)25-13-12-22-17(20-6)21-10-11-23-18(24)26-19(3,4)5/h7-9H,10-13H2,1-6H3,(H,23,24)(H2,20,21,22). The molecule has 0 bridgehead atoms.